The molecule has 0 spiro atoms. The molecule has 0 aliphatic carbocycles. The zero-order valence-corrected chi connectivity index (χ0v) is 6.57. The van der Waals surface area contributed by atoms with Gasteiger partial charge in [-0.2, -0.15) is 5.23 Å². The van der Waals surface area contributed by atoms with Crippen molar-refractivity contribution in [3.63, 3.8) is 0 Å². The van der Waals surface area contributed by atoms with Crippen molar-refractivity contribution in [3.05, 3.63) is 23.4 Å². The molecule has 0 fully saturated rings. The van der Waals surface area contributed by atoms with E-state index in [2.05, 4.69) is 0 Å². The minimum absolute atomic E-state index is 0.0933. The normalized spacial score (nSPS) is 12.6. The molecule has 0 aliphatic heterocycles. The summed E-state index contributed by atoms with van der Waals surface area (Å²) in [5.41, 5.74) is 5.74. The summed E-state index contributed by atoms with van der Waals surface area (Å²) in [5, 5.41) is 18.1. The summed E-state index contributed by atoms with van der Waals surface area (Å²) < 4.78 is 4.86. The van der Waals surface area contributed by atoms with Crippen LogP contribution in [0.4, 0.5) is 11.4 Å². The van der Waals surface area contributed by atoms with Crippen LogP contribution in [0.3, 0.4) is 0 Å². The summed E-state index contributed by atoms with van der Waals surface area (Å²) in [5.74, 6) is 0.553. The van der Waals surface area contributed by atoms with E-state index in [9.17, 15) is 5.21 Å². The zero-order chi connectivity index (χ0) is 9.14. The number of ether oxygens (including phenoxy) is 1. The molecule has 1 atom stereocenters. The van der Waals surface area contributed by atoms with E-state index in [4.69, 9.17) is 15.7 Å². The van der Waals surface area contributed by atoms with Crippen LogP contribution in [0.2, 0.25) is 0 Å². The van der Waals surface area contributed by atoms with Crippen molar-refractivity contribution in [1.29, 1.82) is 0 Å². The highest BCUT2D eigenvalue weighted by Crippen LogP contribution is 2.20. The van der Waals surface area contributed by atoms with Gasteiger partial charge >= 0.3 is 0 Å². The molecule has 12 heavy (non-hydrogen) atoms. The van der Waals surface area contributed by atoms with Gasteiger partial charge in [-0.1, -0.05) is 0 Å². The van der Waals surface area contributed by atoms with Crippen LogP contribution in [0.15, 0.2) is 18.2 Å². The Hall–Kier alpha value is -1.30. The molecule has 0 aromatic heterocycles. The van der Waals surface area contributed by atoms with Gasteiger partial charge in [-0.3, -0.25) is 0 Å². The maximum Gasteiger partial charge on any atom is 0.187 e. The monoisotopic (exact) mass is 170 g/mol. The molecule has 66 valence electrons. The molecule has 4 N–H and O–H groups in total. The maximum absolute atomic E-state index is 10.5. The Morgan fingerprint density at radius 1 is 1.58 bits per heavy atom. The van der Waals surface area contributed by atoms with E-state index in [1.165, 1.54) is 19.2 Å². The number of rotatable bonds is 2. The number of nitrogen functional groups attached to an aromatic ring is 1. The van der Waals surface area contributed by atoms with Gasteiger partial charge in [0.25, 0.3) is 0 Å². The average molecular weight is 170 g/mol. The molecule has 0 saturated carbocycles. The maximum atomic E-state index is 10.5. The van der Waals surface area contributed by atoms with E-state index in [0.717, 1.165) is 0 Å². The number of hydrogen-bond donors (Lipinski definition) is 3. The van der Waals surface area contributed by atoms with Gasteiger partial charge in [-0.15, -0.1) is 0 Å². The smallest absolute Gasteiger partial charge is 0.187 e. The fourth-order valence-corrected chi connectivity index (χ4v) is 0.863. The molecule has 0 bridgehead atoms. The molecule has 1 rings (SSSR count). The number of hydrogen-bond acceptors (Lipinski definition) is 4. The lowest BCUT2D eigenvalue weighted by molar-refractivity contribution is -0.990. The van der Waals surface area contributed by atoms with Gasteiger partial charge in [0.1, 0.15) is 11.4 Å². The summed E-state index contributed by atoms with van der Waals surface area (Å²) >= 11 is 0. The molecule has 0 radical (unpaired) electrons. The van der Waals surface area contributed by atoms with Crippen molar-refractivity contribution in [2.24, 2.45) is 0 Å². The van der Waals surface area contributed by atoms with Gasteiger partial charge in [0.2, 0.25) is 0 Å². The van der Waals surface area contributed by atoms with Crippen LogP contribution in [0.1, 0.15) is 0 Å². The van der Waals surface area contributed by atoms with Crippen LogP contribution in [0.25, 0.3) is 0 Å². The van der Waals surface area contributed by atoms with E-state index in [1.54, 1.807) is 6.07 Å². The van der Waals surface area contributed by atoms with Crippen molar-refractivity contribution in [2.75, 3.05) is 12.8 Å². The molecule has 1 aromatic rings. The molecule has 1 aromatic carbocycles. The highest BCUT2D eigenvalue weighted by Gasteiger charge is 2.06. The molecular formula is C7H10N2O3. The van der Waals surface area contributed by atoms with E-state index >= 15 is 0 Å². The Balaban J connectivity index is 3.03. The van der Waals surface area contributed by atoms with Gasteiger partial charge in [-0.25, -0.2) is 5.21 Å². The fraction of sp³-hybridized carbons (Fsp3) is 0.143. The fourth-order valence-electron chi connectivity index (χ4n) is 0.863. The Kier molecular flexibility index (Phi) is 2.49. The second-order valence-electron chi connectivity index (χ2n) is 2.26. The van der Waals surface area contributed by atoms with Crippen LogP contribution < -0.4 is 15.7 Å². The van der Waals surface area contributed by atoms with Gasteiger partial charge in [0.05, 0.1) is 7.11 Å². The van der Waals surface area contributed by atoms with E-state index in [0.29, 0.717) is 5.75 Å². The molecule has 5 heteroatoms. The lowest BCUT2D eigenvalue weighted by atomic mass is 10.2. The average Bonchev–Trinajstić information content (AvgIpc) is 2.03. The molecule has 0 heterocycles. The van der Waals surface area contributed by atoms with Crippen molar-refractivity contribution in [2.45, 2.75) is 0 Å². The van der Waals surface area contributed by atoms with E-state index < -0.39 is 5.23 Å². The SMILES string of the molecule is COc1ccc([NH+]([O-])O)c(N)c1. The molecule has 0 amide bonds. The zero-order valence-electron chi connectivity index (χ0n) is 6.57. The predicted octanol–water partition coefficient (Wildman–Crippen LogP) is -0.319. The van der Waals surface area contributed by atoms with Crippen LogP contribution in [-0.4, -0.2) is 12.3 Å². The van der Waals surface area contributed by atoms with Crippen molar-refractivity contribution in [1.82, 2.24) is 0 Å². The standard InChI is InChI=1S/C7H10N2O3/c1-12-5-2-3-7(9(10)11)6(8)4-5/h2-4,9-10H,8H2,1H3. The molecule has 1 unspecified atom stereocenters. The third kappa shape index (κ3) is 1.65. The lowest BCUT2D eigenvalue weighted by Gasteiger charge is -2.13. The van der Waals surface area contributed by atoms with Crippen LogP contribution in [0.5, 0.6) is 5.75 Å². The third-order valence-electron chi connectivity index (χ3n) is 1.49. The number of nitrogens with two attached hydrogens (primary N) is 1. The Labute approximate surface area is 69.5 Å². The Bertz CT molecular complexity index is 275. The second-order valence-corrected chi connectivity index (χ2v) is 2.26. The first-order valence-electron chi connectivity index (χ1n) is 3.32. The summed E-state index contributed by atoms with van der Waals surface area (Å²) in [6.07, 6.45) is 0. The molecule has 5 nitrogen and oxygen atoms in total. The van der Waals surface area contributed by atoms with Gasteiger partial charge < -0.3 is 15.7 Å². The van der Waals surface area contributed by atoms with Crippen molar-refractivity contribution >= 4 is 11.4 Å². The lowest BCUT2D eigenvalue weighted by Crippen LogP contribution is -2.99. The van der Waals surface area contributed by atoms with E-state index in [1.807, 2.05) is 0 Å². The third-order valence-corrected chi connectivity index (χ3v) is 1.49. The van der Waals surface area contributed by atoms with Crippen molar-refractivity contribution in [3.8, 4) is 5.75 Å². The number of methoxy groups -OCH3 is 1. The first kappa shape index (κ1) is 8.79. The molecular weight excluding hydrogens is 160 g/mol. The van der Waals surface area contributed by atoms with E-state index in [-0.39, 0.29) is 11.4 Å². The number of anilines is 1. The van der Waals surface area contributed by atoms with Crippen LogP contribution >= 0.6 is 0 Å². The minimum Gasteiger partial charge on any atom is -0.595 e. The highest BCUT2D eigenvalue weighted by molar-refractivity contribution is 5.60. The highest BCUT2D eigenvalue weighted by atomic mass is 16.8. The summed E-state index contributed by atoms with van der Waals surface area (Å²) in [6, 6.07) is 4.44. The van der Waals surface area contributed by atoms with Crippen LogP contribution in [-0.2, 0) is 0 Å². The molecule has 0 saturated heterocycles. The topological polar surface area (TPSA) is 83.0 Å². The summed E-state index contributed by atoms with van der Waals surface area (Å²) in [4.78, 5) is 0. The van der Waals surface area contributed by atoms with Gasteiger partial charge in [0.15, 0.2) is 5.69 Å². The summed E-state index contributed by atoms with van der Waals surface area (Å²) in [6.45, 7) is 0. The summed E-state index contributed by atoms with van der Waals surface area (Å²) in [7, 11) is 1.50. The first-order valence-corrected chi connectivity index (χ1v) is 3.32. The number of benzene rings is 1. The Morgan fingerprint density at radius 2 is 2.25 bits per heavy atom. The van der Waals surface area contributed by atoms with Gasteiger partial charge in [-0.05, 0) is 6.07 Å². The first-order chi connectivity index (χ1) is 5.65. The number of quaternary nitrogens is 1. The van der Waals surface area contributed by atoms with Crippen LogP contribution in [0, 0.1) is 5.21 Å². The number of nitrogens with one attached hydrogen (secondary N) is 1. The van der Waals surface area contributed by atoms with Crippen molar-refractivity contribution < 1.29 is 15.2 Å². The Morgan fingerprint density at radius 3 is 2.67 bits per heavy atom. The molecule has 0 aliphatic rings. The van der Waals surface area contributed by atoms with Gasteiger partial charge in [0, 0.05) is 12.1 Å². The predicted molar refractivity (Wildman–Crippen MR) is 43.2 cm³/mol. The minimum atomic E-state index is -1.03. The largest absolute Gasteiger partial charge is 0.595 e. The quantitative estimate of drug-likeness (QED) is 0.419. The second kappa shape index (κ2) is 3.40.